The lowest BCUT2D eigenvalue weighted by atomic mass is 10.2. The first-order valence-corrected chi connectivity index (χ1v) is 13.1. The highest BCUT2D eigenvalue weighted by Gasteiger charge is 2.16. The first kappa shape index (κ1) is 23.7. The number of carbonyl (C=O) groups is 1. The molecule has 0 spiro atoms. The molecule has 0 aliphatic rings. The summed E-state index contributed by atoms with van der Waals surface area (Å²) in [6.45, 7) is 1.74. The van der Waals surface area contributed by atoms with Gasteiger partial charge in [-0.25, -0.2) is 8.42 Å². The van der Waals surface area contributed by atoms with Gasteiger partial charge in [0.25, 0.3) is 10.0 Å². The molecule has 31 heavy (non-hydrogen) atoms. The van der Waals surface area contributed by atoms with E-state index in [2.05, 4.69) is 26.0 Å². The van der Waals surface area contributed by atoms with Gasteiger partial charge in [-0.05, 0) is 66.6 Å². The zero-order chi connectivity index (χ0) is 22.4. The summed E-state index contributed by atoms with van der Waals surface area (Å²) in [5, 5.41) is 3.26. The van der Waals surface area contributed by atoms with Crippen molar-refractivity contribution in [3.8, 4) is 0 Å². The number of rotatable bonds is 8. The van der Waals surface area contributed by atoms with Gasteiger partial charge in [-0.3, -0.25) is 9.52 Å². The number of hydrogen-bond acceptors (Lipinski definition) is 4. The van der Waals surface area contributed by atoms with Crippen molar-refractivity contribution in [2.24, 2.45) is 0 Å². The van der Waals surface area contributed by atoms with Gasteiger partial charge in [0.2, 0.25) is 5.91 Å². The molecule has 3 aromatic carbocycles. The first-order chi connectivity index (χ1) is 14.7. The van der Waals surface area contributed by atoms with Crippen molar-refractivity contribution in [1.29, 1.82) is 0 Å². The number of hydrogen-bond donors (Lipinski definition) is 2. The van der Waals surface area contributed by atoms with E-state index in [1.165, 1.54) is 23.9 Å². The van der Waals surface area contributed by atoms with Crippen molar-refractivity contribution in [1.82, 2.24) is 0 Å². The van der Waals surface area contributed by atoms with Crippen molar-refractivity contribution < 1.29 is 13.2 Å². The van der Waals surface area contributed by atoms with Gasteiger partial charge in [0.05, 0.1) is 16.3 Å². The van der Waals surface area contributed by atoms with Crippen molar-refractivity contribution in [3.63, 3.8) is 0 Å². The van der Waals surface area contributed by atoms with Crippen LogP contribution in [0.5, 0.6) is 0 Å². The summed E-state index contributed by atoms with van der Waals surface area (Å²) in [7, 11) is -3.77. The second-order valence-electron chi connectivity index (χ2n) is 6.71. The van der Waals surface area contributed by atoms with Gasteiger partial charge in [-0.1, -0.05) is 45.7 Å². The maximum Gasteiger partial charge on any atom is 0.261 e. The lowest BCUT2D eigenvalue weighted by Crippen LogP contribution is -2.15. The fourth-order valence-corrected chi connectivity index (χ4v) is 5.03. The molecule has 0 saturated heterocycles. The molecule has 3 aromatic rings. The fourth-order valence-electron chi connectivity index (χ4n) is 2.68. The number of carbonyl (C=O) groups excluding carboxylic acids is 1. The normalized spacial score (nSPS) is 11.2. The zero-order valence-electron chi connectivity index (χ0n) is 16.6. The maximum absolute atomic E-state index is 12.6. The van der Waals surface area contributed by atoms with Crippen LogP contribution < -0.4 is 10.0 Å². The van der Waals surface area contributed by atoms with Crippen LogP contribution in [0.25, 0.3) is 0 Å². The molecule has 5 nitrogen and oxygen atoms in total. The molecule has 0 aromatic heterocycles. The van der Waals surface area contributed by atoms with Crippen LogP contribution in [-0.2, 0) is 20.6 Å². The van der Waals surface area contributed by atoms with Crippen LogP contribution in [0.2, 0.25) is 5.02 Å². The number of amides is 1. The summed E-state index contributed by atoms with van der Waals surface area (Å²) in [6.07, 6.45) is 0. The Labute approximate surface area is 199 Å². The summed E-state index contributed by atoms with van der Waals surface area (Å²) >= 11 is 11.0. The Hall–Kier alpha value is -2.00. The molecule has 0 saturated carbocycles. The summed E-state index contributed by atoms with van der Waals surface area (Å²) in [5.41, 5.74) is 2.75. The van der Waals surface area contributed by atoms with E-state index < -0.39 is 10.0 Å². The molecule has 0 radical (unpaired) electrons. The fraction of sp³-hybridized carbons (Fsp3) is 0.136. The van der Waals surface area contributed by atoms with Crippen LogP contribution in [0.15, 0.2) is 76.1 Å². The summed E-state index contributed by atoms with van der Waals surface area (Å²) in [6, 6.07) is 19.0. The van der Waals surface area contributed by atoms with E-state index >= 15 is 0 Å². The average Bonchev–Trinajstić information content (AvgIpc) is 2.73. The molecule has 0 aliphatic heterocycles. The molecule has 3 rings (SSSR count). The zero-order valence-corrected chi connectivity index (χ0v) is 20.5. The Bertz CT molecular complexity index is 1170. The molecule has 0 aliphatic carbocycles. The second kappa shape index (κ2) is 10.5. The number of thioether (sulfide) groups is 1. The molecular formula is C22H20BrClN2O3S2. The van der Waals surface area contributed by atoms with Gasteiger partial charge < -0.3 is 5.32 Å². The van der Waals surface area contributed by atoms with E-state index in [0.717, 1.165) is 15.8 Å². The SMILES string of the molecule is Cc1c(Cl)cccc1NS(=O)(=O)c1ccc(NC(=O)CSCc2ccc(Br)cc2)cc1. The first-order valence-electron chi connectivity index (χ1n) is 9.24. The minimum Gasteiger partial charge on any atom is -0.325 e. The Morgan fingerprint density at radius 2 is 1.71 bits per heavy atom. The van der Waals surface area contributed by atoms with E-state index in [9.17, 15) is 13.2 Å². The highest BCUT2D eigenvalue weighted by molar-refractivity contribution is 9.10. The molecule has 0 unspecified atom stereocenters. The lowest BCUT2D eigenvalue weighted by molar-refractivity contribution is -0.113. The predicted octanol–water partition coefficient (Wildman–Crippen LogP) is 6.08. The number of anilines is 2. The largest absolute Gasteiger partial charge is 0.325 e. The van der Waals surface area contributed by atoms with Crippen LogP contribution >= 0.6 is 39.3 Å². The van der Waals surface area contributed by atoms with Crippen molar-refractivity contribution in [3.05, 3.63) is 87.4 Å². The quantitative estimate of drug-likeness (QED) is 0.364. The number of sulfonamides is 1. The molecule has 1 amide bonds. The van der Waals surface area contributed by atoms with Crippen LogP contribution in [-0.4, -0.2) is 20.1 Å². The molecule has 2 N–H and O–H groups in total. The Kier molecular flexibility index (Phi) is 8.05. The molecular weight excluding hydrogens is 520 g/mol. The summed E-state index contributed by atoms with van der Waals surface area (Å²) in [5.74, 6) is 0.878. The van der Waals surface area contributed by atoms with Gasteiger partial charge in [0.15, 0.2) is 0 Å². The van der Waals surface area contributed by atoms with Crippen LogP contribution in [0, 0.1) is 6.92 Å². The summed E-state index contributed by atoms with van der Waals surface area (Å²) < 4.78 is 28.9. The monoisotopic (exact) mass is 538 g/mol. The average molecular weight is 540 g/mol. The van der Waals surface area contributed by atoms with E-state index in [1.807, 2.05) is 24.3 Å². The number of halogens is 2. The van der Waals surface area contributed by atoms with E-state index in [4.69, 9.17) is 11.6 Å². The standard InChI is InChI=1S/C22H20BrClN2O3S2/c1-15-20(24)3-2-4-21(15)26-31(28,29)19-11-9-18(10-12-19)25-22(27)14-30-13-16-5-7-17(23)8-6-16/h2-12,26H,13-14H2,1H3,(H,25,27). The maximum atomic E-state index is 12.6. The number of benzene rings is 3. The molecule has 9 heteroatoms. The van der Waals surface area contributed by atoms with Crippen molar-refractivity contribution in [2.45, 2.75) is 17.6 Å². The third-order valence-corrected chi connectivity index (χ3v) is 7.70. The van der Waals surface area contributed by atoms with Crippen LogP contribution in [0.1, 0.15) is 11.1 Å². The van der Waals surface area contributed by atoms with Crippen molar-refractivity contribution in [2.75, 3.05) is 15.8 Å². The van der Waals surface area contributed by atoms with Crippen molar-refractivity contribution >= 4 is 66.6 Å². The van der Waals surface area contributed by atoms with Gasteiger partial charge in [-0.2, -0.15) is 0 Å². The third-order valence-electron chi connectivity index (χ3n) is 4.38. The van der Waals surface area contributed by atoms with Crippen LogP contribution in [0.4, 0.5) is 11.4 Å². The predicted molar refractivity (Wildman–Crippen MR) is 132 cm³/mol. The highest BCUT2D eigenvalue weighted by atomic mass is 79.9. The second-order valence-corrected chi connectivity index (χ2v) is 10.7. The Morgan fingerprint density at radius 1 is 1.03 bits per heavy atom. The molecule has 162 valence electrons. The highest BCUT2D eigenvalue weighted by Crippen LogP contribution is 2.26. The van der Waals surface area contributed by atoms with E-state index in [-0.39, 0.29) is 10.8 Å². The lowest BCUT2D eigenvalue weighted by Gasteiger charge is -2.12. The van der Waals surface area contributed by atoms with Gasteiger partial charge in [0, 0.05) is 20.9 Å². The molecule has 0 atom stereocenters. The van der Waals surface area contributed by atoms with E-state index in [1.54, 1.807) is 37.3 Å². The van der Waals surface area contributed by atoms with E-state index in [0.29, 0.717) is 27.7 Å². The van der Waals surface area contributed by atoms with Crippen LogP contribution in [0.3, 0.4) is 0 Å². The molecule has 0 heterocycles. The smallest absolute Gasteiger partial charge is 0.261 e. The van der Waals surface area contributed by atoms with Gasteiger partial charge in [0.1, 0.15) is 0 Å². The molecule has 0 bridgehead atoms. The number of nitrogens with one attached hydrogen (secondary N) is 2. The topological polar surface area (TPSA) is 75.3 Å². The summed E-state index contributed by atoms with van der Waals surface area (Å²) in [4.78, 5) is 12.3. The molecule has 0 fully saturated rings. The Morgan fingerprint density at radius 3 is 2.39 bits per heavy atom. The van der Waals surface area contributed by atoms with Gasteiger partial charge >= 0.3 is 0 Å². The van der Waals surface area contributed by atoms with Gasteiger partial charge in [-0.15, -0.1) is 11.8 Å². The third kappa shape index (κ3) is 6.74. The minimum absolute atomic E-state index is 0.0921. The Balaban J connectivity index is 1.55. The minimum atomic E-state index is -3.77.